The van der Waals surface area contributed by atoms with E-state index < -0.39 is 15.7 Å². The van der Waals surface area contributed by atoms with Crippen LogP contribution in [0.15, 0.2) is 63.9 Å². The first-order valence-electron chi connectivity index (χ1n) is 8.07. The zero-order valence-electron chi connectivity index (χ0n) is 14.1. The highest BCUT2D eigenvalue weighted by Crippen LogP contribution is 2.13. The summed E-state index contributed by atoms with van der Waals surface area (Å²) in [7, 11) is -3.46. The molecule has 0 radical (unpaired) electrons. The Kier molecular flexibility index (Phi) is 5.60. The molecule has 3 rings (SSSR count). The van der Waals surface area contributed by atoms with Gasteiger partial charge in [0.1, 0.15) is 5.82 Å². The minimum absolute atomic E-state index is 0.0143. The van der Waals surface area contributed by atoms with E-state index in [-0.39, 0.29) is 41.2 Å². The van der Waals surface area contributed by atoms with Crippen LogP contribution in [0.5, 0.6) is 0 Å². The monoisotopic (exact) mass is 389 g/mol. The van der Waals surface area contributed by atoms with Crippen molar-refractivity contribution in [3.63, 3.8) is 0 Å². The van der Waals surface area contributed by atoms with Crippen molar-refractivity contribution in [2.45, 2.75) is 17.7 Å². The third kappa shape index (κ3) is 5.20. The summed E-state index contributed by atoms with van der Waals surface area (Å²) in [5.41, 5.74) is 0.627. The Labute approximate surface area is 155 Å². The van der Waals surface area contributed by atoms with Crippen LogP contribution >= 0.6 is 0 Å². The molecule has 1 amide bonds. The second-order valence-corrected chi connectivity index (χ2v) is 7.84. The van der Waals surface area contributed by atoms with Crippen molar-refractivity contribution in [2.24, 2.45) is 0 Å². The molecule has 0 aliphatic carbocycles. The Morgan fingerprint density at radius 1 is 1.04 bits per heavy atom. The van der Waals surface area contributed by atoms with Crippen LogP contribution in [0.25, 0.3) is 0 Å². The lowest BCUT2D eigenvalue weighted by atomic mass is 10.1. The summed E-state index contributed by atoms with van der Waals surface area (Å²) in [5.74, 6) is -0.881. The molecule has 9 heteroatoms. The molecule has 1 heterocycles. The van der Waals surface area contributed by atoms with E-state index in [0.29, 0.717) is 5.56 Å². The number of rotatable bonds is 7. The van der Waals surface area contributed by atoms with Gasteiger partial charge in [-0.15, -0.1) is 5.10 Å². The molecule has 0 unspecified atom stereocenters. The van der Waals surface area contributed by atoms with Gasteiger partial charge in [0.2, 0.25) is 11.8 Å². The number of carbonyl (C=O) groups is 1. The fourth-order valence-corrected chi connectivity index (χ4v) is 3.57. The summed E-state index contributed by atoms with van der Waals surface area (Å²) in [6.45, 7) is 0. The smallest absolute Gasteiger partial charge is 0.322 e. The molecular weight excluding hydrogens is 373 g/mol. The van der Waals surface area contributed by atoms with E-state index in [1.807, 2.05) is 0 Å². The summed E-state index contributed by atoms with van der Waals surface area (Å²) in [6, 6.07) is 13.5. The van der Waals surface area contributed by atoms with E-state index in [1.165, 1.54) is 36.4 Å². The average molecular weight is 389 g/mol. The predicted molar refractivity (Wildman–Crippen MR) is 95.2 cm³/mol. The van der Waals surface area contributed by atoms with Crippen molar-refractivity contribution >= 4 is 21.8 Å². The van der Waals surface area contributed by atoms with E-state index in [0.717, 1.165) is 0 Å². The van der Waals surface area contributed by atoms with Gasteiger partial charge < -0.3 is 4.42 Å². The molecule has 3 aromatic rings. The minimum atomic E-state index is -3.46. The first-order valence-corrected chi connectivity index (χ1v) is 9.72. The molecule has 0 saturated heterocycles. The first-order chi connectivity index (χ1) is 12.9. The van der Waals surface area contributed by atoms with Gasteiger partial charge in [0, 0.05) is 6.42 Å². The topological polar surface area (TPSA) is 102 Å². The molecule has 2 aromatic carbocycles. The molecule has 0 spiro atoms. The van der Waals surface area contributed by atoms with Gasteiger partial charge in [0.15, 0.2) is 9.84 Å². The molecule has 0 aliphatic heterocycles. The predicted octanol–water partition coefficient (Wildman–Crippen LogP) is 2.41. The molecule has 0 aliphatic rings. The molecule has 0 fully saturated rings. The van der Waals surface area contributed by atoms with Gasteiger partial charge in [-0.3, -0.25) is 10.1 Å². The zero-order valence-corrected chi connectivity index (χ0v) is 14.9. The van der Waals surface area contributed by atoms with E-state index in [9.17, 15) is 17.6 Å². The van der Waals surface area contributed by atoms with Crippen LogP contribution in [0.4, 0.5) is 10.4 Å². The molecule has 1 N–H and O–H groups in total. The van der Waals surface area contributed by atoms with Crippen molar-refractivity contribution in [3.8, 4) is 0 Å². The summed E-state index contributed by atoms with van der Waals surface area (Å²) in [4.78, 5) is 12.2. The average Bonchev–Trinajstić information content (AvgIpc) is 3.10. The first kappa shape index (κ1) is 18.7. The second kappa shape index (κ2) is 8.09. The number of carbonyl (C=O) groups excluding carboxylic acids is 1. The molecular formula is C18H16FN3O4S. The SMILES string of the molecule is O=C(Cc1ccc(F)cc1)Nc1nnc(CCS(=O)(=O)c2ccccc2)o1. The quantitative estimate of drug-likeness (QED) is 0.666. The minimum Gasteiger partial charge on any atom is -0.408 e. The molecule has 0 bridgehead atoms. The number of halogens is 1. The van der Waals surface area contributed by atoms with Gasteiger partial charge in [0.05, 0.1) is 17.1 Å². The summed E-state index contributed by atoms with van der Waals surface area (Å²) in [6.07, 6.45) is 0.0401. The Balaban J connectivity index is 1.55. The van der Waals surface area contributed by atoms with Crippen LogP contribution in [-0.2, 0) is 27.5 Å². The molecule has 7 nitrogen and oxygen atoms in total. The van der Waals surface area contributed by atoms with Crippen LogP contribution in [0.1, 0.15) is 11.5 Å². The highest BCUT2D eigenvalue weighted by Gasteiger charge is 2.17. The van der Waals surface area contributed by atoms with Crippen LogP contribution in [0.2, 0.25) is 0 Å². The second-order valence-electron chi connectivity index (χ2n) is 5.73. The Bertz CT molecular complexity index is 1020. The highest BCUT2D eigenvalue weighted by molar-refractivity contribution is 7.91. The number of nitrogens with one attached hydrogen (secondary N) is 1. The van der Waals surface area contributed by atoms with E-state index in [1.54, 1.807) is 18.2 Å². The highest BCUT2D eigenvalue weighted by atomic mass is 32.2. The fraction of sp³-hybridized carbons (Fsp3) is 0.167. The fourth-order valence-electron chi connectivity index (χ4n) is 2.32. The number of hydrogen-bond acceptors (Lipinski definition) is 6. The molecule has 27 heavy (non-hydrogen) atoms. The van der Waals surface area contributed by atoms with Gasteiger partial charge in [-0.1, -0.05) is 35.4 Å². The number of nitrogens with zero attached hydrogens (tertiary/aromatic N) is 2. The van der Waals surface area contributed by atoms with Crippen molar-refractivity contribution in [1.82, 2.24) is 10.2 Å². The normalized spacial score (nSPS) is 11.3. The number of hydrogen-bond donors (Lipinski definition) is 1. The van der Waals surface area contributed by atoms with Crippen LogP contribution in [-0.4, -0.2) is 30.3 Å². The maximum absolute atomic E-state index is 12.9. The number of aromatic nitrogens is 2. The van der Waals surface area contributed by atoms with Crippen LogP contribution < -0.4 is 5.32 Å². The van der Waals surface area contributed by atoms with Crippen molar-refractivity contribution in [3.05, 3.63) is 71.9 Å². The molecule has 0 atom stereocenters. The van der Waals surface area contributed by atoms with Gasteiger partial charge in [-0.05, 0) is 29.8 Å². The number of sulfone groups is 1. The summed E-state index contributed by atoms with van der Waals surface area (Å²) in [5, 5.41) is 9.85. The summed E-state index contributed by atoms with van der Waals surface area (Å²) < 4.78 is 42.6. The maximum Gasteiger partial charge on any atom is 0.322 e. The number of anilines is 1. The summed E-state index contributed by atoms with van der Waals surface area (Å²) >= 11 is 0. The zero-order chi connectivity index (χ0) is 19.3. The number of amides is 1. The van der Waals surface area contributed by atoms with Crippen molar-refractivity contribution in [2.75, 3.05) is 11.1 Å². The lowest BCUT2D eigenvalue weighted by Crippen LogP contribution is -2.14. The number of benzene rings is 2. The molecule has 1 aromatic heterocycles. The Morgan fingerprint density at radius 2 is 1.74 bits per heavy atom. The molecule has 140 valence electrons. The van der Waals surface area contributed by atoms with E-state index >= 15 is 0 Å². The van der Waals surface area contributed by atoms with Gasteiger partial charge >= 0.3 is 6.01 Å². The Hall–Kier alpha value is -3.07. The van der Waals surface area contributed by atoms with E-state index in [2.05, 4.69) is 15.5 Å². The van der Waals surface area contributed by atoms with Gasteiger partial charge in [-0.2, -0.15) is 0 Å². The Morgan fingerprint density at radius 3 is 2.44 bits per heavy atom. The lowest BCUT2D eigenvalue weighted by molar-refractivity contribution is -0.115. The third-order valence-electron chi connectivity index (χ3n) is 3.68. The third-order valence-corrected chi connectivity index (χ3v) is 5.41. The number of aryl methyl sites for hydroxylation is 1. The standard InChI is InChI=1S/C18H16FN3O4S/c19-14-8-6-13(7-9-14)12-16(23)20-18-22-21-17(26-18)10-11-27(24,25)15-4-2-1-3-5-15/h1-9H,10-12H2,(H,20,22,23). The van der Waals surface area contributed by atoms with Gasteiger partial charge in [0.25, 0.3) is 0 Å². The van der Waals surface area contributed by atoms with Gasteiger partial charge in [-0.25, -0.2) is 12.8 Å². The largest absolute Gasteiger partial charge is 0.408 e. The molecule has 0 saturated carbocycles. The van der Waals surface area contributed by atoms with Crippen molar-refractivity contribution < 1.29 is 22.0 Å². The lowest BCUT2D eigenvalue weighted by Gasteiger charge is -2.02. The van der Waals surface area contributed by atoms with Crippen LogP contribution in [0.3, 0.4) is 0 Å². The maximum atomic E-state index is 12.9. The van der Waals surface area contributed by atoms with Crippen LogP contribution in [0, 0.1) is 5.82 Å². The van der Waals surface area contributed by atoms with Crippen molar-refractivity contribution in [1.29, 1.82) is 0 Å². The van der Waals surface area contributed by atoms with E-state index in [4.69, 9.17) is 4.42 Å².